The van der Waals surface area contributed by atoms with Crippen LogP contribution in [0.5, 0.6) is 0 Å². The van der Waals surface area contributed by atoms with Gasteiger partial charge in [-0.3, -0.25) is 14.4 Å². The fraction of sp³-hybridized carbons (Fsp3) is 0.292. The smallest absolute Gasteiger partial charge is 0.303 e. The lowest BCUT2D eigenvalue weighted by Crippen LogP contribution is -2.30. The Morgan fingerprint density at radius 1 is 1.03 bits per heavy atom. The number of benzene rings is 2. The van der Waals surface area contributed by atoms with Crippen LogP contribution in [0.25, 0.3) is 11.0 Å². The largest absolute Gasteiger partial charge is 0.481 e. The lowest BCUT2D eigenvalue weighted by atomic mass is 9.97. The molecule has 1 amide bonds. The predicted molar refractivity (Wildman–Crippen MR) is 113 cm³/mol. The van der Waals surface area contributed by atoms with E-state index < -0.39 is 12.0 Å². The topological polar surface area (TPSA) is 87.8 Å². The van der Waals surface area contributed by atoms with E-state index in [1.54, 1.807) is 29.2 Å². The highest BCUT2D eigenvalue weighted by Crippen LogP contribution is 2.38. The summed E-state index contributed by atoms with van der Waals surface area (Å²) in [5.41, 5.74) is 2.56. The van der Waals surface area contributed by atoms with Crippen molar-refractivity contribution < 1.29 is 19.1 Å². The highest BCUT2D eigenvalue weighted by atomic mass is 16.4. The van der Waals surface area contributed by atoms with E-state index in [2.05, 4.69) is 0 Å². The molecule has 2 aromatic carbocycles. The first-order chi connectivity index (χ1) is 14.5. The van der Waals surface area contributed by atoms with Crippen LogP contribution in [0.4, 0.5) is 0 Å². The quantitative estimate of drug-likeness (QED) is 0.593. The van der Waals surface area contributed by atoms with Gasteiger partial charge in [0.05, 0.1) is 17.0 Å². The Labute approximate surface area is 173 Å². The van der Waals surface area contributed by atoms with Crippen LogP contribution in [-0.4, -0.2) is 28.4 Å². The molecule has 6 nitrogen and oxygen atoms in total. The molecule has 1 N–H and O–H groups in total. The molecule has 3 aromatic rings. The number of carbonyl (C=O) groups is 2. The van der Waals surface area contributed by atoms with Gasteiger partial charge in [0.2, 0.25) is 5.76 Å². The van der Waals surface area contributed by atoms with Crippen LogP contribution in [-0.2, 0) is 4.79 Å². The number of carbonyl (C=O) groups excluding carboxylic acids is 1. The van der Waals surface area contributed by atoms with Crippen LogP contribution in [0.15, 0.2) is 57.7 Å². The first kappa shape index (κ1) is 19.9. The average molecular weight is 405 g/mol. The molecule has 0 fully saturated rings. The van der Waals surface area contributed by atoms with E-state index in [-0.39, 0.29) is 23.5 Å². The number of para-hydroxylation sites is 1. The second-order valence-corrected chi connectivity index (χ2v) is 7.69. The number of carboxylic acids is 1. The van der Waals surface area contributed by atoms with Gasteiger partial charge in [0.15, 0.2) is 5.43 Å². The normalized spacial score (nSPS) is 15.6. The lowest BCUT2D eigenvalue weighted by Gasteiger charge is -2.25. The number of rotatable bonds is 7. The molecule has 0 saturated heterocycles. The van der Waals surface area contributed by atoms with Crippen LogP contribution in [0.1, 0.15) is 59.0 Å². The van der Waals surface area contributed by atoms with Gasteiger partial charge in [-0.05, 0) is 37.5 Å². The fourth-order valence-electron chi connectivity index (χ4n) is 4.03. The summed E-state index contributed by atoms with van der Waals surface area (Å²) in [6, 6.07) is 14.3. The molecule has 1 aliphatic heterocycles. The summed E-state index contributed by atoms with van der Waals surface area (Å²) in [4.78, 5) is 38.9. The van der Waals surface area contributed by atoms with Gasteiger partial charge >= 0.3 is 5.97 Å². The molecule has 0 spiro atoms. The molecule has 1 aromatic heterocycles. The van der Waals surface area contributed by atoms with Crippen molar-refractivity contribution in [3.8, 4) is 0 Å². The van der Waals surface area contributed by atoms with Crippen molar-refractivity contribution in [3.63, 3.8) is 0 Å². The average Bonchev–Trinajstić information content (AvgIpc) is 3.01. The van der Waals surface area contributed by atoms with Crippen molar-refractivity contribution in [1.29, 1.82) is 0 Å². The molecule has 0 bridgehead atoms. The van der Waals surface area contributed by atoms with Gasteiger partial charge in [-0.2, -0.15) is 0 Å². The molecular formula is C24H23NO5. The van der Waals surface area contributed by atoms with Crippen molar-refractivity contribution in [3.05, 3.63) is 81.2 Å². The molecule has 30 heavy (non-hydrogen) atoms. The molecule has 0 saturated carbocycles. The summed E-state index contributed by atoms with van der Waals surface area (Å²) in [6.07, 6.45) is 2.01. The summed E-state index contributed by atoms with van der Waals surface area (Å²) < 4.78 is 5.89. The SMILES string of the molecule is Cc1ccc(C2c3c(oc4ccccc4c3=O)C(=O)N2CCCCCC(=O)O)cc1. The highest BCUT2D eigenvalue weighted by molar-refractivity contribution is 5.99. The molecule has 1 atom stereocenters. The second kappa shape index (κ2) is 8.14. The van der Waals surface area contributed by atoms with Crippen molar-refractivity contribution in [1.82, 2.24) is 4.90 Å². The van der Waals surface area contributed by atoms with Crippen LogP contribution in [0.3, 0.4) is 0 Å². The van der Waals surface area contributed by atoms with E-state index in [0.29, 0.717) is 42.3 Å². The van der Waals surface area contributed by atoms with Gasteiger partial charge in [0.1, 0.15) is 5.58 Å². The minimum Gasteiger partial charge on any atom is -0.481 e. The van der Waals surface area contributed by atoms with E-state index >= 15 is 0 Å². The standard InChI is InChI=1S/C24H23NO5/c1-15-10-12-16(13-11-15)21-20-22(28)17-7-4-5-8-18(17)30-23(20)24(29)25(21)14-6-2-3-9-19(26)27/h4-5,7-8,10-13,21H,2-3,6,9,14H2,1H3,(H,26,27). The zero-order chi connectivity index (χ0) is 21.3. The Morgan fingerprint density at radius 2 is 1.77 bits per heavy atom. The van der Waals surface area contributed by atoms with Gasteiger partial charge in [-0.15, -0.1) is 0 Å². The number of hydrogen-bond acceptors (Lipinski definition) is 4. The van der Waals surface area contributed by atoms with E-state index in [0.717, 1.165) is 11.1 Å². The number of aryl methyl sites for hydroxylation is 1. The Morgan fingerprint density at radius 3 is 2.50 bits per heavy atom. The minimum absolute atomic E-state index is 0.106. The molecule has 1 aliphatic rings. The van der Waals surface area contributed by atoms with Gasteiger partial charge in [0.25, 0.3) is 5.91 Å². The summed E-state index contributed by atoms with van der Waals surface area (Å²) >= 11 is 0. The van der Waals surface area contributed by atoms with Crippen LogP contribution in [0, 0.1) is 6.92 Å². The van der Waals surface area contributed by atoms with Gasteiger partial charge in [-0.1, -0.05) is 48.4 Å². The monoisotopic (exact) mass is 405 g/mol. The third-order valence-corrected chi connectivity index (χ3v) is 5.56. The van der Waals surface area contributed by atoms with Crippen LogP contribution < -0.4 is 5.43 Å². The van der Waals surface area contributed by atoms with Crippen molar-refractivity contribution in [2.45, 2.75) is 38.6 Å². The zero-order valence-corrected chi connectivity index (χ0v) is 16.8. The van der Waals surface area contributed by atoms with E-state index in [4.69, 9.17) is 9.52 Å². The summed E-state index contributed by atoms with van der Waals surface area (Å²) in [5.74, 6) is -1.01. The van der Waals surface area contributed by atoms with Crippen molar-refractivity contribution >= 4 is 22.8 Å². The van der Waals surface area contributed by atoms with E-state index in [1.807, 2.05) is 31.2 Å². The highest BCUT2D eigenvalue weighted by Gasteiger charge is 2.42. The molecule has 6 heteroatoms. The molecule has 0 radical (unpaired) electrons. The summed E-state index contributed by atoms with van der Waals surface area (Å²) in [5, 5.41) is 9.27. The first-order valence-corrected chi connectivity index (χ1v) is 10.1. The first-order valence-electron chi connectivity index (χ1n) is 10.1. The number of fused-ring (bicyclic) bond motifs is 2. The molecular weight excluding hydrogens is 382 g/mol. The maximum atomic E-state index is 13.3. The summed E-state index contributed by atoms with van der Waals surface area (Å²) in [6.45, 7) is 2.41. The lowest BCUT2D eigenvalue weighted by molar-refractivity contribution is -0.137. The molecule has 1 unspecified atom stereocenters. The number of hydrogen-bond donors (Lipinski definition) is 1. The minimum atomic E-state index is -0.821. The third kappa shape index (κ3) is 3.61. The molecule has 4 rings (SSSR count). The van der Waals surface area contributed by atoms with E-state index in [9.17, 15) is 14.4 Å². The van der Waals surface area contributed by atoms with E-state index in [1.165, 1.54) is 0 Å². The van der Waals surface area contributed by atoms with Crippen molar-refractivity contribution in [2.75, 3.05) is 6.54 Å². The van der Waals surface area contributed by atoms with Crippen LogP contribution >= 0.6 is 0 Å². The third-order valence-electron chi connectivity index (χ3n) is 5.56. The maximum absolute atomic E-state index is 13.3. The van der Waals surface area contributed by atoms with Crippen molar-refractivity contribution in [2.24, 2.45) is 0 Å². The number of nitrogens with zero attached hydrogens (tertiary/aromatic N) is 1. The number of amides is 1. The van der Waals surface area contributed by atoms with Crippen LogP contribution in [0.2, 0.25) is 0 Å². The fourth-order valence-corrected chi connectivity index (χ4v) is 4.03. The summed E-state index contributed by atoms with van der Waals surface area (Å²) in [7, 11) is 0. The number of aliphatic carboxylic acids is 1. The molecule has 0 aliphatic carbocycles. The molecule has 2 heterocycles. The second-order valence-electron chi connectivity index (χ2n) is 7.69. The van der Waals surface area contributed by atoms with Gasteiger partial charge in [0, 0.05) is 13.0 Å². The Balaban J connectivity index is 1.73. The van der Waals surface area contributed by atoms with Gasteiger partial charge < -0.3 is 14.4 Å². The number of unbranched alkanes of at least 4 members (excludes halogenated alkanes) is 2. The molecule has 154 valence electrons. The zero-order valence-electron chi connectivity index (χ0n) is 16.8. The Hall–Kier alpha value is -3.41. The predicted octanol–water partition coefficient (Wildman–Crippen LogP) is 4.29. The van der Waals surface area contributed by atoms with Gasteiger partial charge in [-0.25, -0.2) is 0 Å². The Kier molecular flexibility index (Phi) is 5.40. The maximum Gasteiger partial charge on any atom is 0.303 e. The number of carboxylic acid groups (broad SMARTS) is 1. The Bertz CT molecular complexity index is 1160.